The van der Waals surface area contributed by atoms with Crippen LogP contribution in [0.1, 0.15) is 42.5 Å². The molecule has 0 saturated carbocycles. The first-order chi connectivity index (χ1) is 14.1. The van der Waals surface area contributed by atoms with Gasteiger partial charge in [-0.25, -0.2) is 23.2 Å². The van der Waals surface area contributed by atoms with Crippen molar-refractivity contribution in [2.75, 3.05) is 5.32 Å². The maximum atomic E-state index is 14.0. The molecule has 30 heavy (non-hydrogen) atoms. The monoisotopic (exact) mass is 433 g/mol. The van der Waals surface area contributed by atoms with Gasteiger partial charge in [-0.3, -0.25) is 0 Å². The molecule has 5 rings (SSSR count). The molecule has 2 aromatic rings. The van der Waals surface area contributed by atoms with E-state index in [9.17, 15) is 13.4 Å². The predicted octanol–water partition coefficient (Wildman–Crippen LogP) is 2.91. The number of nitrogens with zero attached hydrogens (tertiary/aromatic N) is 3. The molecule has 0 spiro atoms. The van der Waals surface area contributed by atoms with E-state index in [0.29, 0.717) is 18.7 Å². The Morgan fingerprint density at radius 3 is 2.97 bits per heavy atom. The van der Waals surface area contributed by atoms with Gasteiger partial charge in [0.05, 0.1) is 12.7 Å². The molecule has 10 heteroatoms. The number of anilines is 1. The van der Waals surface area contributed by atoms with Crippen molar-refractivity contribution in [2.24, 2.45) is 9.50 Å². The van der Waals surface area contributed by atoms with Crippen LogP contribution in [0.15, 0.2) is 21.5 Å². The van der Waals surface area contributed by atoms with Gasteiger partial charge in [0.1, 0.15) is 16.7 Å². The summed E-state index contributed by atoms with van der Waals surface area (Å²) in [7, 11) is -3.57. The van der Waals surface area contributed by atoms with E-state index in [-0.39, 0.29) is 17.2 Å². The standard InChI is InChI=1S/C20H24FN5O3S/c1-20(2)10-26-18(29-20)16(9-23-26)30(22,28)25-19(27)24-17-14-5-3-4-11(14)6-12-7-13(21)8-15(12)17/h6,9,13H,3-5,7-8,10H2,1-2H3,(H3,22,24,25,27,28). The van der Waals surface area contributed by atoms with Gasteiger partial charge in [-0.1, -0.05) is 6.07 Å². The third kappa shape index (κ3) is 3.18. The predicted molar refractivity (Wildman–Crippen MR) is 110 cm³/mol. The molecule has 0 fully saturated rings. The van der Waals surface area contributed by atoms with Gasteiger partial charge in [-0.05, 0) is 55.4 Å². The molecule has 3 N–H and O–H groups in total. The molecule has 2 atom stereocenters. The number of rotatable bonds is 2. The molecule has 0 radical (unpaired) electrons. The average Bonchev–Trinajstić information content (AvgIpc) is 3.36. The zero-order valence-electron chi connectivity index (χ0n) is 16.9. The Balaban J connectivity index is 1.48. The smallest absolute Gasteiger partial charge is 0.354 e. The molecule has 8 nitrogen and oxygen atoms in total. The molecule has 0 bridgehead atoms. The van der Waals surface area contributed by atoms with Crippen LogP contribution in [0.4, 0.5) is 14.9 Å². The molecule has 3 aliphatic rings. The Hall–Kier alpha value is -2.46. The molecule has 2 amide bonds. The van der Waals surface area contributed by atoms with E-state index in [1.165, 1.54) is 6.20 Å². The number of alkyl halides is 1. The van der Waals surface area contributed by atoms with Crippen molar-refractivity contribution in [2.45, 2.75) is 69.2 Å². The first-order valence-corrected chi connectivity index (χ1v) is 11.6. The Labute approximate surface area is 174 Å². The number of urea groups is 1. The average molecular weight is 434 g/mol. The lowest BCUT2D eigenvalue weighted by molar-refractivity contribution is 0.132. The highest BCUT2D eigenvalue weighted by molar-refractivity contribution is 7.91. The van der Waals surface area contributed by atoms with Crippen LogP contribution in [0.2, 0.25) is 0 Å². The summed E-state index contributed by atoms with van der Waals surface area (Å²) in [5, 5.41) is 12.9. The van der Waals surface area contributed by atoms with E-state index >= 15 is 0 Å². The fourth-order valence-corrected chi connectivity index (χ4v) is 5.67. The van der Waals surface area contributed by atoms with E-state index in [0.717, 1.165) is 41.5 Å². The number of hydrogen-bond acceptors (Lipinski definition) is 4. The Morgan fingerprint density at radius 1 is 1.37 bits per heavy atom. The van der Waals surface area contributed by atoms with Crippen LogP contribution in [0, 0.1) is 0 Å². The van der Waals surface area contributed by atoms with E-state index < -0.39 is 27.7 Å². The van der Waals surface area contributed by atoms with Crippen molar-refractivity contribution in [3.63, 3.8) is 0 Å². The highest BCUT2D eigenvalue weighted by Gasteiger charge is 2.36. The summed E-state index contributed by atoms with van der Waals surface area (Å²) in [6, 6.07) is 1.25. The van der Waals surface area contributed by atoms with Crippen molar-refractivity contribution < 1.29 is 18.1 Å². The number of benzene rings is 1. The minimum absolute atomic E-state index is 0.0931. The second kappa shape index (κ2) is 6.52. The van der Waals surface area contributed by atoms with Crippen LogP contribution in [0.5, 0.6) is 5.88 Å². The lowest BCUT2D eigenvalue weighted by Crippen LogP contribution is -2.27. The minimum atomic E-state index is -3.57. The number of halogens is 1. The Morgan fingerprint density at radius 2 is 2.17 bits per heavy atom. The normalized spacial score (nSPS) is 22.6. The first-order valence-electron chi connectivity index (χ1n) is 10.0. The SMILES string of the molecule is CC1(C)Cn2ncc(S(N)(=O)=NC(=O)Nc3c4c(cc5c3CC(F)C5)CCC4)c2O1. The number of carbonyl (C=O) groups is 1. The fourth-order valence-electron chi connectivity index (χ4n) is 4.68. The van der Waals surface area contributed by atoms with Gasteiger partial charge >= 0.3 is 6.03 Å². The lowest BCUT2D eigenvalue weighted by Gasteiger charge is -2.16. The van der Waals surface area contributed by atoms with Crippen LogP contribution in [0.25, 0.3) is 0 Å². The fraction of sp³-hybridized carbons (Fsp3) is 0.500. The van der Waals surface area contributed by atoms with E-state index in [1.54, 1.807) is 4.68 Å². The topological polar surface area (TPSA) is 112 Å². The second-order valence-corrected chi connectivity index (χ2v) is 10.6. The van der Waals surface area contributed by atoms with Crippen molar-refractivity contribution in [1.29, 1.82) is 0 Å². The number of aryl methyl sites for hydroxylation is 1. The number of amides is 2. The molecular formula is C20H24FN5O3S. The number of hydrogen-bond donors (Lipinski definition) is 2. The summed E-state index contributed by atoms with van der Waals surface area (Å²) in [6.07, 6.45) is 3.69. The number of nitrogens with two attached hydrogens (primary N) is 1. The zero-order valence-corrected chi connectivity index (χ0v) is 17.7. The van der Waals surface area contributed by atoms with Crippen LogP contribution >= 0.6 is 0 Å². The molecule has 1 aromatic carbocycles. The number of ether oxygens (including phenoxy) is 1. The molecule has 2 unspecified atom stereocenters. The van der Waals surface area contributed by atoms with Gasteiger partial charge in [-0.2, -0.15) is 5.10 Å². The molecule has 2 heterocycles. The highest BCUT2D eigenvalue weighted by atomic mass is 32.2. The summed E-state index contributed by atoms with van der Waals surface area (Å²) in [6.45, 7) is 4.24. The first kappa shape index (κ1) is 19.5. The molecular weight excluding hydrogens is 409 g/mol. The largest absolute Gasteiger partial charge is 0.469 e. The van der Waals surface area contributed by atoms with Gasteiger partial charge in [-0.15, -0.1) is 4.36 Å². The third-order valence-electron chi connectivity index (χ3n) is 5.90. The van der Waals surface area contributed by atoms with Crippen molar-refractivity contribution in [3.8, 4) is 5.88 Å². The third-order valence-corrected chi connectivity index (χ3v) is 7.24. The highest BCUT2D eigenvalue weighted by Crippen LogP contribution is 2.39. The Bertz CT molecular complexity index is 1200. The van der Waals surface area contributed by atoms with Crippen LogP contribution in [-0.2, 0) is 42.1 Å². The summed E-state index contributed by atoms with van der Waals surface area (Å²) in [5.74, 6) is 0.269. The summed E-state index contributed by atoms with van der Waals surface area (Å²) in [5.41, 5.74) is 4.00. The van der Waals surface area contributed by atoms with Gasteiger partial charge in [0.25, 0.3) is 0 Å². The maximum Gasteiger partial charge on any atom is 0.354 e. The van der Waals surface area contributed by atoms with Gasteiger partial charge in [0.2, 0.25) is 5.88 Å². The van der Waals surface area contributed by atoms with Crippen molar-refractivity contribution in [3.05, 3.63) is 34.5 Å². The van der Waals surface area contributed by atoms with E-state index in [4.69, 9.17) is 9.88 Å². The number of aromatic nitrogens is 2. The Kier molecular flexibility index (Phi) is 4.24. The van der Waals surface area contributed by atoms with Crippen LogP contribution < -0.4 is 15.2 Å². The molecule has 0 saturated heterocycles. The van der Waals surface area contributed by atoms with Crippen molar-refractivity contribution in [1.82, 2.24) is 9.78 Å². The van der Waals surface area contributed by atoms with Gasteiger partial charge < -0.3 is 10.1 Å². The summed E-state index contributed by atoms with van der Waals surface area (Å²) < 4.78 is 38.3. The number of carbonyl (C=O) groups excluding carboxylic acids is 1. The van der Waals surface area contributed by atoms with Gasteiger partial charge in [0.15, 0.2) is 9.92 Å². The molecule has 1 aliphatic heterocycles. The van der Waals surface area contributed by atoms with Gasteiger partial charge in [0, 0.05) is 18.5 Å². The van der Waals surface area contributed by atoms with E-state index in [1.807, 2.05) is 13.8 Å². The molecule has 2 aliphatic carbocycles. The molecule has 1 aromatic heterocycles. The number of nitrogens with one attached hydrogen (secondary N) is 1. The van der Waals surface area contributed by atoms with E-state index in [2.05, 4.69) is 20.8 Å². The van der Waals surface area contributed by atoms with Crippen molar-refractivity contribution >= 4 is 21.6 Å². The molecule has 160 valence electrons. The summed E-state index contributed by atoms with van der Waals surface area (Å²) >= 11 is 0. The maximum absolute atomic E-state index is 14.0. The zero-order chi connectivity index (χ0) is 21.3. The van der Waals surface area contributed by atoms with Crippen LogP contribution in [0.3, 0.4) is 0 Å². The second-order valence-electron chi connectivity index (χ2n) is 8.81. The number of fused-ring (bicyclic) bond motifs is 3. The minimum Gasteiger partial charge on any atom is -0.469 e. The quantitative estimate of drug-likeness (QED) is 0.758. The lowest BCUT2D eigenvalue weighted by atomic mass is 9.99. The van der Waals surface area contributed by atoms with Crippen LogP contribution in [-0.4, -0.2) is 31.8 Å². The summed E-state index contributed by atoms with van der Waals surface area (Å²) in [4.78, 5) is 12.8.